The number of carbonyl (C=O) groups excluding carboxylic acids is 1. The molecule has 0 spiro atoms. The Kier molecular flexibility index (Phi) is 7.28. The number of methoxy groups -OCH3 is 1. The number of nitrogens with zero attached hydrogens (tertiary/aromatic N) is 1. The van der Waals surface area contributed by atoms with Gasteiger partial charge in [-0.15, -0.1) is 11.8 Å². The third-order valence-corrected chi connectivity index (χ3v) is 7.56. The van der Waals surface area contributed by atoms with Crippen molar-refractivity contribution in [3.63, 3.8) is 0 Å². The van der Waals surface area contributed by atoms with E-state index in [2.05, 4.69) is 38.7 Å². The number of aromatic nitrogens is 1. The molecule has 0 saturated heterocycles. The number of ether oxygens (including phenoxy) is 2. The van der Waals surface area contributed by atoms with Gasteiger partial charge in [0.2, 0.25) is 0 Å². The smallest absolute Gasteiger partial charge is 0.340 e. The van der Waals surface area contributed by atoms with Crippen molar-refractivity contribution >= 4 is 44.6 Å². The van der Waals surface area contributed by atoms with E-state index in [-0.39, 0.29) is 5.97 Å². The number of esters is 1. The Labute approximate surface area is 196 Å². The van der Waals surface area contributed by atoms with Crippen LogP contribution in [0.3, 0.4) is 0 Å². The van der Waals surface area contributed by atoms with E-state index in [4.69, 9.17) is 9.47 Å². The molecule has 31 heavy (non-hydrogen) atoms. The van der Waals surface area contributed by atoms with Crippen molar-refractivity contribution in [1.82, 2.24) is 4.57 Å². The summed E-state index contributed by atoms with van der Waals surface area (Å²) in [6.07, 6.45) is 6.01. The molecule has 1 aliphatic rings. The first-order valence-electron chi connectivity index (χ1n) is 10.9. The van der Waals surface area contributed by atoms with E-state index in [1.807, 2.05) is 31.2 Å². The van der Waals surface area contributed by atoms with Gasteiger partial charge in [-0.3, -0.25) is 0 Å². The topological polar surface area (TPSA) is 40.5 Å². The molecule has 1 heterocycles. The first kappa shape index (κ1) is 22.3. The summed E-state index contributed by atoms with van der Waals surface area (Å²) in [5.74, 6) is 1.18. The van der Waals surface area contributed by atoms with Crippen LogP contribution in [0.25, 0.3) is 10.9 Å². The van der Waals surface area contributed by atoms with E-state index in [1.54, 1.807) is 18.9 Å². The van der Waals surface area contributed by atoms with E-state index in [0.29, 0.717) is 24.0 Å². The Bertz CT molecular complexity index is 1060. The predicted octanol–water partition coefficient (Wildman–Crippen LogP) is 7.39. The molecule has 0 aliphatic heterocycles. The number of halogens is 1. The summed E-state index contributed by atoms with van der Waals surface area (Å²) in [5.41, 5.74) is 2.80. The molecule has 0 radical (unpaired) electrons. The van der Waals surface area contributed by atoms with Crippen LogP contribution in [-0.4, -0.2) is 24.3 Å². The number of hydrogen-bond donors (Lipinski definition) is 0. The fourth-order valence-electron chi connectivity index (χ4n) is 4.52. The van der Waals surface area contributed by atoms with Crippen LogP contribution in [0.4, 0.5) is 0 Å². The summed E-state index contributed by atoms with van der Waals surface area (Å²) >= 11 is 5.41. The minimum atomic E-state index is -0.255. The number of benzene rings is 2. The van der Waals surface area contributed by atoms with Crippen LogP contribution in [0.5, 0.6) is 5.75 Å². The van der Waals surface area contributed by atoms with E-state index in [9.17, 15) is 4.79 Å². The zero-order valence-electron chi connectivity index (χ0n) is 18.0. The van der Waals surface area contributed by atoms with Gasteiger partial charge in [0, 0.05) is 27.8 Å². The molecule has 2 aromatic carbocycles. The Morgan fingerprint density at radius 3 is 2.58 bits per heavy atom. The van der Waals surface area contributed by atoms with Crippen LogP contribution >= 0.6 is 27.7 Å². The number of fused-ring (bicyclic) bond motifs is 1. The van der Waals surface area contributed by atoms with Gasteiger partial charge < -0.3 is 14.0 Å². The maximum Gasteiger partial charge on any atom is 0.340 e. The average Bonchev–Trinajstić information content (AvgIpc) is 3.11. The lowest BCUT2D eigenvalue weighted by atomic mass is 9.95. The quantitative estimate of drug-likeness (QED) is 0.250. The largest absolute Gasteiger partial charge is 0.496 e. The van der Waals surface area contributed by atoms with Gasteiger partial charge >= 0.3 is 5.97 Å². The molecule has 0 amide bonds. The highest BCUT2D eigenvalue weighted by molar-refractivity contribution is 9.10. The van der Waals surface area contributed by atoms with Gasteiger partial charge in [-0.05, 0) is 60.0 Å². The Hall–Kier alpha value is -1.92. The highest BCUT2D eigenvalue weighted by atomic mass is 79.9. The molecule has 4 rings (SSSR count). The SMILES string of the molecule is CCOC(=O)c1c(CSc2ccccc2)n(C2CCCCC2)c2cc(Br)c(OC)cc12. The van der Waals surface area contributed by atoms with Gasteiger partial charge in [-0.25, -0.2) is 4.79 Å². The molecule has 1 aromatic heterocycles. The first-order chi connectivity index (χ1) is 15.1. The summed E-state index contributed by atoms with van der Waals surface area (Å²) in [6, 6.07) is 14.8. The molecule has 0 atom stereocenters. The van der Waals surface area contributed by atoms with Crippen LogP contribution < -0.4 is 4.74 Å². The van der Waals surface area contributed by atoms with Crippen molar-refractivity contribution in [2.75, 3.05) is 13.7 Å². The molecule has 0 unspecified atom stereocenters. The minimum absolute atomic E-state index is 0.255. The zero-order valence-corrected chi connectivity index (χ0v) is 20.4. The number of rotatable bonds is 7. The molecular formula is C25H28BrNO3S. The molecule has 164 valence electrons. The first-order valence-corrected chi connectivity index (χ1v) is 12.7. The maximum absolute atomic E-state index is 13.2. The predicted molar refractivity (Wildman–Crippen MR) is 130 cm³/mol. The fourth-order valence-corrected chi connectivity index (χ4v) is 5.95. The second kappa shape index (κ2) is 10.1. The van der Waals surface area contributed by atoms with Crippen LogP contribution in [0.15, 0.2) is 51.8 Å². The lowest BCUT2D eigenvalue weighted by Gasteiger charge is -2.27. The molecule has 0 N–H and O–H groups in total. The summed E-state index contributed by atoms with van der Waals surface area (Å²) < 4.78 is 14.4. The van der Waals surface area contributed by atoms with Crippen molar-refractivity contribution in [2.24, 2.45) is 0 Å². The monoisotopic (exact) mass is 501 g/mol. The third kappa shape index (κ3) is 4.65. The lowest BCUT2D eigenvalue weighted by molar-refractivity contribution is 0.0527. The molecule has 4 nitrogen and oxygen atoms in total. The normalized spacial score (nSPS) is 14.7. The molecule has 1 saturated carbocycles. The molecular weight excluding hydrogens is 474 g/mol. The zero-order chi connectivity index (χ0) is 21.8. The number of hydrogen-bond acceptors (Lipinski definition) is 4. The lowest BCUT2D eigenvalue weighted by Crippen LogP contribution is -2.16. The van der Waals surface area contributed by atoms with Crippen LogP contribution in [0.2, 0.25) is 0 Å². The molecule has 1 aliphatic carbocycles. The summed E-state index contributed by atoms with van der Waals surface area (Å²) in [6.45, 7) is 2.21. The van der Waals surface area contributed by atoms with E-state index >= 15 is 0 Å². The molecule has 0 bridgehead atoms. The molecule has 1 fully saturated rings. The van der Waals surface area contributed by atoms with Gasteiger partial charge in [-0.2, -0.15) is 0 Å². The number of carbonyl (C=O) groups is 1. The second-order valence-electron chi connectivity index (χ2n) is 7.81. The Balaban J connectivity index is 1.90. The van der Waals surface area contributed by atoms with Crippen molar-refractivity contribution in [2.45, 2.75) is 55.7 Å². The van der Waals surface area contributed by atoms with E-state index in [0.717, 1.165) is 39.7 Å². The van der Waals surface area contributed by atoms with Crippen molar-refractivity contribution < 1.29 is 14.3 Å². The number of thioether (sulfide) groups is 1. The second-order valence-corrected chi connectivity index (χ2v) is 9.71. The van der Waals surface area contributed by atoms with Crippen LogP contribution in [0.1, 0.15) is 61.1 Å². The fraction of sp³-hybridized carbons (Fsp3) is 0.400. The van der Waals surface area contributed by atoms with Crippen LogP contribution in [0, 0.1) is 0 Å². The van der Waals surface area contributed by atoms with Gasteiger partial charge in [0.1, 0.15) is 5.75 Å². The van der Waals surface area contributed by atoms with Gasteiger partial charge in [0.25, 0.3) is 0 Å². The molecule has 6 heteroatoms. The Morgan fingerprint density at radius 2 is 1.90 bits per heavy atom. The van der Waals surface area contributed by atoms with Gasteiger partial charge in [-0.1, -0.05) is 37.5 Å². The van der Waals surface area contributed by atoms with E-state index < -0.39 is 0 Å². The highest BCUT2D eigenvalue weighted by Gasteiger charge is 2.29. The third-order valence-electron chi connectivity index (χ3n) is 5.92. The van der Waals surface area contributed by atoms with Crippen LogP contribution in [-0.2, 0) is 10.5 Å². The maximum atomic E-state index is 13.2. The van der Waals surface area contributed by atoms with Gasteiger partial charge in [0.05, 0.1) is 29.3 Å². The summed E-state index contributed by atoms with van der Waals surface area (Å²) in [7, 11) is 1.65. The van der Waals surface area contributed by atoms with Gasteiger partial charge in [0.15, 0.2) is 0 Å². The van der Waals surface area contributed by atoms with Crippen molar-refractivity contribution in [3.8, 4) is 5.75 Å². The van der Waals surface area contributed by atoms with E-state index in [1.165, 1.54) is 24.2 Å². The minimum Gasteiger partial charge on any atom is -0.496 e. The average molecular weight is 502 g/mol. The summed E-state index contributed by atoms with van der Waals surface area (Å²) in [4.78, 5) is 14.4. The summed E-state index contributed by atoms with van der Waals surface area (Å²) in [5, 5.41) is 0.910. The van der Waals surface area contributed by atoms with Crippen molar-refractivity contribution in [3.05, 3.63) is 58.2 Å². The van der Waals surface area contributed by atoms with Crippen molar-refractivity contribution in [1.29, 1.82) is 0 Å². The Morgan fingerprint density at radius 1 is 1.16 bits per heavy atom. The molecule has 3 aromatic rings. The highest BCUT2D eigenvalue weighted by Crippen LogP contribution is 2.42. The standard InChI is InChI=1S/C25H28BrNO3S/c1-3-30-25(28)24-19-14-23(29-2)20(26)15-21(19)27(17-10-6-4-7-11-17)22(24)16-31-18-12-8-5-9-13-18/h5,8-9,12-15,17H,3-4,6-7,10-11,16H2,1-2H3.